The maximum absolute atomic E-state index is 9.01. The Balaban J connectivity index is 1.85. The largest absolute Gasteiger partial charge is 0.492 e. The zero-order valence-electron chi connectivity index (χ0n) is 9.71. The summed E-state index contributed by atoms with van der Waals surface area (Å²) in [7, 11) is 0. The van der Waals surface area contributed by atoms with Crippen LogP contribution in [0.25, 0.3) is 0 Å². The molecule has 0 aliphatic rings. The molecule has 90 valence electrons. The van der Waals surface area contributed by atoms with E-state index in [0.717, 1.165) is 5.75 Å². The molecule has 5 heteroatoms. The number of aliphatic hydroxyl groups is 1. The molecule has 1 aromatic heterocycles. The van der Waals surface area contributed by atoms with E-state index in [2.05, 4.69) is 10.3 Å². The fourth-order valence-electron chi connectivity index (χ4n) is 1.47. The van der Waals surface area contributed by atoms with Crippen molar-refractivity contribution in [2.75, 3.05) is 6.61 Å². The standard InChI is InChI=1S/C12H15N3O2/c1-10-2-4-12(5-3-10)17-7-6-15-11(9-16)8-13-14-15/h2-5,8,16H,6-7,9H2,1H3. The first kappa shape index (κ1) is 11.6. The Labute approximate surface area is 99.7 Å². The highest BCUT2D eigenvalue weighted by Crippen LogP contribution is 2.11. The van der Waals surface area contributed by atoms with Crippen LogP contribution in [0, 0.1) is 6.92 Å². The van der Waals surface area contributed by atoms with Crippen LogP contribution in [0.15, 0.2) is 30.5 Å². The van der Waals surface area contributed by atoms with Crippen LogP contribution in [0.5, 0.6) is 5.75 Å². The van der Waals surface area contributed by atoms with Gasteiger partial charge in [0.05, 0.1) is 25.0 Å². The third-order valence-electron chi connectivity index (χ3n) is 2.45. The first-order chi connectivity index (χ1) is 8.29. The molecule has 1 aromatic carbocycles. The average molecular weight is 233 g/mol. The van der Waals surface area contributed by atoms with E-state index in [4.69, 9.17) is 9.84 Å². The summed E-state index contributed by atoms with van der Waals surface area (Å²) in [6.45, 7) is 3.05. The summed E-state index contributed by atoms with van der Waals surface area (Å²) in [5.74, 6) is 0.835. The van der Waals surface area contributed by atoms with E-state index in [0.29, 0.717) is 18.8 Å². The number of ether oxygens (including phenoxy) is 1. The highest BCUT2D eigenvalue weighted by molar-refractivity contribution is 5.26. The number of hydrogen-bond donors (Lipinski definition) is 1. The van der Waals surface area contributed by atoms with E-state index in [1.807, 2.05) is 31.2 Å². The smallest absolute Gasteiger partial charge is 0.119 e. The van der Waals surface area contributed by atoms with Crippen LogP contribution in [0.4, 0.5) is 0 Å². The lowest BCUT2D eigenvalue weighted by Crippen LogP contribution is -2.12. The average Bonchev–Trinajstić information content (AvgIpc) is 2.79. The van der Waals surface area contributed by atoms with E-state index in [9.17, 15) is 0 Å². The van der Waals surface area contributed by atoms with Crippen LogP contribution in [0.1, 0.15) is 11.3 Å². The fourth-order valence-corrected chi connectivity index (χ4v) is 1.47. The molecule has 5 nitrogen and oxygen atoms in total. The second-order valence-corrected chi connectivity index (χ2v) is 3.77. The van der Waals surface area contributed by atoms with E-state index in [-0.39, 0.29) is 6.61 Å². The number of hydrogen-bond acceptors (Lipinski definition) is 4. The molecular formula is C12H15N3O2. The van der Waals surface area contributed by atoms with Gasteiger partial charge in [-0.15, -0.1) is 5.10 Å². The Hall–Kier alpha value is -1.88. The molecule has 0 bridgehead atoms. The lowest BCUT2D eigenvalue weighted by Gasteiger charge is -2.07. The van der Waals surface area contributed by atoms with Crippen LogP contribution in [-0.4, -0.2) is 26.7 Å². The van der Waals surface area contributed by atoms with Gasteiger partial charge in [-0.05, 0) is 19.1 Å². The summed E-state index contributed by atoms with van der Waals surface area (Å²) in [4.78, 5) is 0. The Kier molecular flexibility index (Phi) is 3.72. The molecule has 0 aliphatic heterocycles. The van der Waals surface area contributed by atoms with Crippen molar-refractivity contribution in [2.24, 2.45) is 0 Å². The van der Waals surface area contributed by atoms with E-state index < -0.39 is 0 Å². The zero-order valence-corrected chi connectivity index (χ0v) is 9.71. The summed E-state index contributed by atoms with van der Waals surface area (Å²) in [5.41, 5.74) is 1.90. The number of benzene rings is 1. The molecule has 0 spiro atoms. The Morgan fingerprint density at radius 1 is 1.29 bits per heavy atom. The predicted octanol–water partition coefficient (Wildman–Crippen LogP) is 1.16. The summed E-state index contributed by atoms with van der Waals surface area (Å²) in [6.07, 6.45) is 1.55. The lowest BCUT2D eigenvalue weighted by atomic mass is 10.2. The van der Waals surface area contributed by atoms with Crippen molar-refractivity contribution in [3.63, 3.8) is 0 Å². The molecule has 1 N–H and O–H groups in total. The van der Waals surface area contributed by atoms with Gasteiger partial charge in [-0.1, -0.05) is 22.9 Å². The van der Waals surface area contributed by atoms with Crippen molar-refractivity contribution in [1.29, 1.82) is 0 Å². The lowest BCUT2D eigenvalue weighted by molar-refractivity contribution is 0.252. The van der Waals surface area contributed by atoms with Crippen LogP contribution in [0.2, 0.25) is 0 Å². The minimum atomic E-state index is -0.0580. The van der Waals surface area contributed by atoms with Crippen LogP contribution in [0.3, 0.4) is 0 Å². The van der Waals surface area contributed by atoms with Gasteiger partial charge in [0.15, 0.2) is 0 Å². The Bertz CT molecular complexity index is 465. The first-order valence-corrected chi connectivity index (χ1v) is 5.47. The van der Waals surface area contributed by atoms with Gasteiger partial charge in [-0.25, -0.2) is 4.68 Å². The van der Waals surface area contributed by atoms with Crippen molar-refractivity contribution in [3.8, 4) is 5.75 Å². The van der Waals surface area contributed by atoms with E-state index in [1.165, 1.54) is 5.56 Å². The molecule has 2 aromatic rings. The fraction of sp³-hybridized carbons (Fsp3) is 0.333. The monoisotopic (exact) mass is 233 g/mol. The minimum absolute atomic E-state index is 0.0580. The molecule has 0 aliphatic carbocycles. The SMILES string of the molecule is Cc1ccc(OCCn2nncc2CO)cc1. The van der Waals surface area contributed by atoms with Crippen molar-refractivity contribution in [1.82, 2.24) is 15.0 Å². The maximum Gasteiger partial charge on any atom is 0.119 e. The van der Waals surface area contributed by atoms with Crippen LogP contribution >= 0.6 is 0 Å². The number of aryl methyl sites for hydroxylation is 1. The molecule has 0 atom stereocenters. The highest BCUT2D eigenvalue weighted by Gasteiger charge is 2.02. The molecule has 1 heterocycles. The predicted molar refractivity (Wildman–Crippen MR) is 62.6 cm³/mol. The number of aromatic nitrogens is 3. The van der Waals surface area contributed by atoms with E-state index >= 15 is 0 Å². The summed E-state index contributed by atoms with van der Waals surface area (Å²) in [6, 6.07) is 7.88. The molecular weight excluding hydrogens is 218 g/mol. The normalized spacial score (nSPS) is 10.5. The molecule has 0 amide bonds. The van der Waals surface area contributed by atoms with E-state index in [1.54, 1.807) is 10.9 Å². The van der Waals surface area contributed by atoms with Gasteiger partial charge in [0.2, 0.25) is 0 Å². The van der Waals surface area contributed by atoms with Gasteiger partial charge in [0.25, 0.3) is 0 Å². The van der Waals surface area contributed by atoms with Crippen molar-refractivity contribution in [2.45, 2.75) is 20.1 Å². The number of rotatable bonds is 5. The molecule has 0 fully saturated rings. The Morgan fingerprint density at radius 2 is 2.06 bits per heavy atom. The number of aliphatic hydroxyl groups excluding tert-OH is 1. The summed E-state index contributed by atoms with van der Waals surface area (Å²) in [5, 5.41) is 16.6. The molecule has 0 saturated carbocycles. The highest BCUT2D eigenvalue weighted by atomic mass is 16.5. The molecule has 2 rings (SSSR count). The quantitative estimate of drug-likeness (QED) is 0.841. The van der Waals surface area contributed by atoms with Gasteiger partial charge in [-0.3, -0.25) is 0 Å². The Morgan fingerprint density at radius 3 is 2.76 bits per heavy atom. The third-order valence-corrected chi connectivity index (χ3v) is 2.45. The van der Waals surface area contributed by atoms with Gasteiger partial charge in [0.1, 0.15) is 12.4 Å². The topological polar surface area (TPSA) is 60.2 Å². The molecule has 0 saturated heterocycles. The van der Waals surface area contributed by atoms with Gasteiger partial charge in [0, 0.05) is 0 Å². The van der Waals surface area contributed by atoms with Gasteiger partial charge in [-0.2, -0.15) is 0 Å². The molecule has 0 unspecified atom stereocenters. The zero-order chi connectivity index (χ0) is 12.1. The summed E-state index contributed by atoms with van der Waals surface area (Å²) >= 11 is 0. The minimum Gasteiger partial charge on any atom is -0.492 e. The van der Waals surface area contributed by atoms with Crippen molar-refractivity contribution < 1.29 is 9.84 Å². The summed E-state index contributed by atoms with van der Waals surface area (Å²) < 4.78 is 7.20. The second-order valence-electron chi connectivity index (χ2n) is 3.77. The van der Waals surface area contributed by atoms with Gasteiger partial charge < -0.3 is 9.84 Å². The second kappa shape index (κ2) is 5.45. The van der Waals surface area contributed by atoms with Crippen molar-refractivity contribution >= 4 is 0 Å². The maximum atomic E-state index is 9.01. The van der Waals surface area contributed by atoms with Crippen LogP contribution < -0.4 is 4.74 Å². The molecule has 17 heavy (non-hydrogen) atoms. The van der Waals surface area contributed by atoms with Crippen LogP contribution in [-0.2, 0) is 13.2 Å². The molecule has 0 radical (unpaired) electrons. The number of nitrogens with zero attached hydrogens (tertiary/aromatic N) is 3. The van der Waals surface area contributed by atoms with Crippen molar-refractivity contribution in [3.05, 3.63) is 41.7 Å². The third kappa shape index (κ3) is 3.04. The first-order valence-electron chi connectivity index (χ1n) is 5.47. The van der Waals surface area contributed by atoms with Gasteiger partial charge >= 0.3 is 0 Å².